The third kappa shape index (κ3) is 5.31. The molecule has 0 aliphatic carbocycles. The maximum atomic E-state index is 13.4. The van der Waals surface area contributed by atoms with Crippen LogP contribution in [0.2, 0.25) is 0 Å². The molecular weight excluding hydrogens is 455 g/mol. The number of Topliss-reactive ketones (excluding diaryl/α,β-unsaturated/α-hetero) is 1. The van der Waals surface area contributed by atoms with Gasteiger partial charge in [-0.2, -0.15) is 0 Å². The van der Waals surface area contributed by atoms with Gasteiger partial charge in [-0.05, 0) is 42.0 Å². The van der Waals surface area contributed by atoms with Gasteiger partial charge in [-0.15, -0.1) is 0 Å². The molecule has 0 radical (unpaired) electrons. The standard InChI is InChI=1S/C25H27FN2O6.CH4/c1-32-19-8-5-17(15-20(19)33-2)22-21(23(29)16-3-6-18(26)7-4-16)24(30)25(31)28(22)10-9-27-11-13-34-14-12-27;/h3-8,15,22,29H,9-14H2,1-2H3;1H4. The van der Waals surface area contributed by atoms with E-state index in [1.54, 1.807) is 18.2 Å². The minimum Gasteiger partial charge on any atom is -0.507 e. The lowest BCUT2D eigenvalue weighted by Gasteiger charge is -2.31. The van der Waals surface area contributed by atoms with E-state index in [9.17, 15) is 19.1 Å². The molecule has 0 bridgehead atoms. The summed E-state index contributed by atoms with van der Waals surface area (Å²) in [6.07, 6.45) is 0. The summed E-state index contributed by atoms with van der Waals surface area (Å²) >= 11 is 0. The van der Waals surface area contributed by atoms with Gasteiger partial charge in [0.15, 0.2) is 11.5 Å². The zero-order valence-corrected chi connectivity index (χ0v) is 19.1. The van der Waals surface area contributed by atoms with E-state index in [1.165, 1.54) is 43.4 Å². The molecule has 2 fully saturated rings. The number of hydrogen-bond acceptors (Lipinski definition) is 7. The van der Waals surface area contributed by atoms with E-state index in [4.69, 9.17) is 14.2 Å². The van der Waals surface area contributed by atoms with Crippen molar-refractivity contribution >= 4 is 17.4 Å². The number of hydrogen-bond donors (Lipinski definition) is 1. The number of rotatable bonds is 7. The topological polar surface area (TPSA) is 88.5 Å². The third-order valence-corrected chi connectivity index (χ3v) is 6.14. The minimum atomic E-state index is -0.842. The number of morpholine rings is 1. The fourth-order valence-corrected chi connectivity index (χ4v) is 4.32. The van der Waals surface area contributed by atoms with Gasteiger partial charge in [-0.25, -0.2) is 4.39 Å². The Morgan fingerprint density at radius 1 is 1.03 bits per heavy atom. The van der Waals surface area contributed by atoms with Crippen molar-refractivity contribution in [1.82, 2.24) is 9.80 Å². The molecule has 2 aliphatic heterocycles. The van der Waals surface area contributed by atoms with E-state index in [0.717, 1.165) is 13.1 Å². The molecule has 8 nitrogen and oxygen atoms in total. The van der Waals surface area contributed by atoms with Crippen molar-refractivity contribution in [3.8, 4) is 11.5 Å². The Morgan fingerprint density at radius 2 is 1.69 bits per heavy atom. The van der Waals surface area contributed by atoms with Gasteiger partial charge >= 0.3 is 0 Å². The summed E-state index contributed by atoms with van der Waals surface area (Å²) in [6, 6.07) is 9.39. The largest absolute Gasteiger partial charge is 0.507 e. The minimum absolute atomic E-state index is 0. The zero-order valence-electron chi connectivity index (χ0n) is 19.1. The van der Waals surface area contributed by atoms with Crippen molar-refractivity contribution in [3.63, 3.8) is 0 Å². The lowest BCUT2D eigenvalue weighted by Crippen LogP contribution is -2.42. The first-order valence-electron chi connectivity index (χ1n) is 11.0. The molecule has 2 aromatic carbocycles. The normalized spacial score (nSPS) is 20.0. The van der Waals surface area contributed by atoms with Crippen LogP contribution in [0.1, 0.15) is 24.6 Å². The quantitative estimate of drug-likeness (QED) is 0.365. The van der Waals surface area contributed by atoms with Crippen molar-refractivity contribution in [2.24, 2.45) is 0 Å². The number of nitrogens with zero attached hydrogens (tertiary/aromatic N) is 2. The van der Waals surface area contributed by atoms with Gasteiger partial charge in [0.1, 0.15) is 11.6 Å². The number of aliphatic hydroxyl groups is 1. The van der Waals surface area contributed by atoms with Gasteiger partial charge in [0.25, 0.3) is 11.7 Å². The number of halogens is 1. The summed E-state index contributed by atoms with van der Waals surface area (Å²) < 4.78 is 29.6. The molecule has 2 saturated heterocycles. The molecule has 4 rings (SSSR count). The molecule has 0 saturated carbocycles. The summed E-state index contributed by atoms with van der Waals surface area (Å²) in [5.74, 6) is -1.39. The maximum absolute atomic E-state index is 13.4. The SMILES string of the molecule is C.COc1ccc(C2C(=C(O)c3ccc(F)cc3)C(=O)C(=O)N2CCN2CCOCC2)cc1OC. The first-order valence-corrected chi connectivity index (χ1v) is 11.0. The molecule has 2 heterocycles. The highest BCUT2D eigenvalue weighted by Crippen LogP contribution is 2.41. The smallest absolute Gasteiger partial charge is 0.295 e. The third-order valence-electron chi connectivity index (χ3n) is 6.14. The van der Waals surface area contributed by atoms with E-state index in [0.29, 0.717) is 36.8 Å². The lowest BCUT2D eigenvalue weighted by molar-refractivity contribution is -0.140. The number of ether oxygens (including phenoxy) is 3. The first kappa shape index (κ1) is 26.2. The van der Waals surface area contributed by atoms with Gasteiger partial charge in [-0.1, -0.05) is 13.5 Å². The van der Waals surface area contributed by atoms with Crippen LogP contribution in [0.5, 0.6) is 11.5 Å². The van der Waals surface area contributed by atoms with Crippen molar-refractivity contribution in [2.75, 3.05) is 53.6 Å². The fraction of sp³-hybridized carbons (Fsp3) is 0.385. The predicted molar refractivity (Wildman–Crippen MR) is 129 cm³/mol. The van der Waals surface area contributed by atoms with Crippen LogP contribution in [0.4, 0.5) is 4.39 Å². The van der Waals surface area contributed by atoms with Gasteiger partial charge < -0.3 is 24.2 Å². The molecule has 35 heavy (non-hydrogen) atoms. The number of aliphatic hydroxyl groups excluding tert-OH is 1. The molecule has 0 aromatic heterocycles. The molecule has 1 unspecified atom stereocenters. The van der Waals surface area contributed by atoms with Crippen LogP contribution in [0.15, 0.2) is 48.0 Å². The molecule has 2 aromatic rings. The Hall–Kier alpha value is -3.43. The summed E-state index contributed by atoms with van der Waals surface area (Å²) in [5.41, 5.74) is 0.784. The number of methoxy groups -OCH3 is 2. The van der Waals surface area contributed by atoms with Crippen LogP contribution in [-0.2, 0) is 14.3 Å². The second kappa shape index (κ2) is 11.3. The summed E-state index contributed by atoms with van der Waals surface area (Å²) in [7, 11) is 3.01. The van der Waals surface area contributed by atoms with E-state index < -0.39 is 23.5 Å². The molecule has 1 N–H and O–H groups in total. The molecule has 188 valence electrons. The number of amides is 1. The lowest BCUT2D eigenvalue weighted by atomic mass is 9.95. The van der Waals surface area contributed by atoms with Crippen molar-refractivity contribution < 1.29 is 33.3 Å². The summed E-state index contributed by atoms with van der Waals surface area (Å²) in [4.78, 5) is 29.9. The number of benzene rings is 2. The molecular formula is C26H31FN2O6. The van der Waals surface area contributed by atoms with Gasteiger partial charge in [0.2, 0.25) is 0 Å². The average Bonchev–Trinajstić information content (AvgIpc) is 3.12. The number of carbonyl (C=O) groups is 2. The highest BCUT2D eigenvalue weighted by Gasteiger charge is 2.46. The first-order chi connectivity index (χ1) is 16.4. The Labute approximate surface area is 204 Å². The van der Waals surface area contributed by atoms with E-state index >= 15 is 0 Å². The van der Waals surface area contributed by atoms with Crippen LogP contribution in [-0.4, -0.2) is 80.2 Å². The van der Waals surface area contributed by atoms with Gasteiger partial charge in [0.05, 0.1) is 39.0 Å². The highest BCUT2D eigenvalue weighted by atomic mass is 19.1. The van der Waals surface area contributed by atoms with E-state index in [1.807, 2.05) is 0 Å². The number of likely N-dealkylation sites (tertiary alicyclic amines) is 1. The second-order valence-corrected chi connectivity index (χ2v) is 8.07. The summed E-state index contributed by atoms with van der Waals surface area (Å²) in [5, 5.41) is 11.1. The van der Waals surface area contributed by atoms with Gasteiger partial charge in [-0.3, -0.25) is 14.5 Å². The monoisotopic (exact) mass is 486 g/mol. The number of carbonyl (C=O) groups excluding carboxylic acids is 2. The van der Waals surface area contributed by atoms with E-state index in [-0.39, 0.29) is 30.9 Å². The predicted octanol–water partition coefficient (Wildman–Crippen LogP) is 3.23. The average molecular weight is 487 g/mol. The highest BCUT2D eigenvalue weighted by molar-refractivity contribution is 6.46. The van der Waals surface area contributed by atoms with Crippen LogP contribution in [0.25, 0.3) is 5.76 Å². The Bertz CT molecular complexity index is 1100. The van der Waals surface area contributed by atoms with Crippen molar-refractivity contribution in [1.29, 1.82) is 0 Å². The zero-order chi connectivity index (χ0) is 24.2. The van der Waals surface area contributed by atoms with E-state index in [2.05, 4.69) is 4.90 Å². The summed E-state index contributed by atoms with van der Waals surface area (Å²) in [6.45, 7) is 3.53. The molecule has 0 spiro atoms. The van der Waals surface area contributed by atoms with Crippen molar-refractivity contribution in [2.45, 2.75) is 13.5 Å². The van der Waals surface area contributed by atoms with Gasteiger partial charge in [0, 0.05) is 31.7 Å². The Morgan fingerprint density at radius 3 is 2.31 bits per heavy atom. The van der Waals surface area contributed by atoms with Crippen LogP contribution in [0.3, 0.4) is 0 Å². The molecule has 2 aliphatic rings. The number of ketones is 1. The molecule has 1 amide bonds. The van der Waals surface area contributed by atoms with Crippen LogP contribution in [0, 0.1) is 5.82 Å². The van der Waals surface area contributed by atoms with Crippen LogP contribution < -0.4 is 9.47 Å². The second-order valence-electron chi connectivity index (χ2n) is 8.07. The fourth-order valence-electron chi connectivity index (χ4n) is 4.32. The van der Waals surface area contributed by atoms with Crippen molar-refractivity contribution in [3.05, 3.63) is 65.0 Å². The Balaban J connectivity index is 0.00000342. The molecule has 1 atom stereocenters. The maximum Gasteiger partial charge on any atom is 0.295 e. The van der Waals surface area contributed by atoms with Crippen LogP contribution >= 0.6 is 0 Å². The molecule has 9 heteroatoms. The Kier molecular flexibility index (Phi) is 8.48.